The highest BCUT2D eigenvalue weighted by atomic mass is 16.3. The van der Waals surface area contributed by atoms with Gasteiger partial charge in [-0.15, -0.1) is 0 Å². The first-order valence-electron chi connectivity index (χ1n) is 24.2. The first kappa shape index (κ1) is 55.9. The second kappa shape index (κ2) is 25.9. The molecule has 72 heavy (non-hydrogen) atoms. The number of carbonyl (C=O) groups excluding carboxylic acids is 8. The van der Waals surface area contributed by atoms with Crippen LogP contribution >= 0.6 is 0 Å². The number of rotatable bonds is 22. The molecule has 2 saturated heterocycles. The molecule has 0 unspecified atom stereocenters. The van der Waals surface area contributed by atoms with Crippen LogP contribution in [-0.4, -0.2) is 156 Å². The number of likely N-dealkylation sites (N-methyl/N-ethyl adjacent to an activating group) is 2. The number of aliphatic hydroxyl groups is 2. The third-order valence-corrected chi connectivity index (χ3v) is 13.1. The molecule has 2 heterocycles. The first-order chi connectivity index (χ1) is 34.3. The van der Waals surface area contributed by atoms with Gasteiger partial charge < -0.3 is 62.5 Å². The fourth-order valence-corrected chi connectivity index (χ4v) is 8.83. The number of carbonyl (C=O) groups is 8. The summed E-state index contributed by atoms with van der Waals surface area (Å²) in [6.45, 7) is 11.3. The van der Waals surface area contributed by atoms with E-state index in [2.05, 4.69) is 49.1 Å². The van der Waals surface area contributed by atoms with Gasteiger partial charge in [0.05, 0.1) is 25.3 Å². The Labute approximate surface area is 420 Å². The maximum absolute atomic E-state index is 14.3. The minimum Gasteiger partial charge on any atom is -0.394 e. The van der Waals surface area contributed by atoms with E-state index in [0.29, 0.717) is 0 Å². The highest BCUT2D eigenvalue weighted by Gasteiger charge is 2.45. The molecule has 2 aliphatic rings. The van der Waals surface area contributed by atoms with Gasteiger partial charge in [-0.05, 0) is 88.5 Å². The van der Waals surface area contributed by atoms with Crippen molar-refractivity contribution in [2.45, 2.75) is 108 Å². The van der Waals surface area contributed by atoms with Crippen molar-refractivity contribution in [2.75, 3.05) is 40.4 Å². The molecule has 2 aliphatic heterocycles. The lowest BCUT2D eigenvalue weighted by atomic mass is 10.0. The van der Waals surface area contributed by atoms with Gasteiger partial charge >= 0.3 is 0 Å². The summed E-state index contributed by atoms with van der Waals surface area (Å²) in [5.41, 5.74) is 2.12. The largest absolute Gasteiger partial charge is 0.394 e. The minimum absolute atomic E-state index is 0.00621. The lowest BCUT2D eigenvalue weighted by molar-refractivity contribution is -0.143. The Hall–Kier alpha value is -7.00. The molecule has 0 radical (unpaired) electrons. The Bertz CT molecular complexity index is 2410. The van der Waals surface area contributed by atoms with Crippen LogP contribution in [0.5, 0.6) is 0 Å². The number of aliphatic hydroxyl groups excluding tert-OH is 2. The van der Waals surface area contributed by atoms with Gasteiger partial charge in [-0.1, -0.05) is 87.2 Å². The van der Waals surface area contributed by atoms with Crippen LogP contribution in [0.3, 0.4) is 0 Å². The molecule has 2 fully saturated rings. The summed E-state index contributed by atoms with van der Waals surface area (Å²) in [6, 6.07) is 15.6. The molecule has 20 nitrogen and oxygen atoms in total. The molecule has 0 aromatic heterocycles. The van der Waals surface area contributed by atoms with Gasteiger partial charge in [0.2, 0.25) is 35.4 Å². The van der Waals surface area contributed by atoms with Gasteiger partial charge in [0.1, 0.15) is 36.3 Å². The van der Waals surface area contributed by atoms with Crippen LogP contribution in [0.25, 0.3) is 0 Å². The second-order valence-corrected chi connectivity index (χ2v) is 18.8. The third kappa shape index (κ3) is 14.1. The van der Waals surface area contributed by atoms with Crippen molar-refractivity contribution < 1.29 is 48.6 Å². The van der Waals surface area contributed by atoms with Gasteiger partial charge in [0, 0.05) is 36.3 Å². The van der Waals surface area contributed by atoms with Gasteiger partial charge in [-0.25, -0.2) is 0 Å². The van der Waals surface area contributed by atoms with E-state index in [1.807, 2.05) is 67.6 Å². The van der Waals surface area contributed by atoms with Crippen molar-refractivity contribution in [1.82, 2.24) is 52.3 Å². The molecular formula is C52H70N10O10. The maximum atomic E-state index is 14.3. The van der Waals surface area contributed by atoms with Gasteiger partial charge in [0.15, 0.2) is 0 Å². The summed E-state index contributed by atoms with van der Waals surface area (Å²) in [5.74, 6) is -5.01. The van der Waals surface area contributed by atoms with E-state index in [-0.39, 0.29) is 42.6 Å². The van der Waals surface area contributed by atoms with Crippen LogP contribution in [0.15, 0.2) is 97.1 Å². The molecule has 8 amide bonds. The monoisotopic (exact) mass is 995 g/mol. The van der Waals surface area contributed by atoms with Gasteiger partial charge in [0.25, 0.3) is 11.8 Å². The number of nitrogens with one attached hydrogen (secondary N) is 8. The van der Waals surface area contributed by atoms with E-state index in [9.17, 15) is 48.6 Å². The van der Waals surface area contributed by atoms with Crippen molar-refractivity contribution >= 4 is 47.3 Å². The lowest BCUT2D eigenvalue weighted by Crippen LogP contribution is -2.58. The summed E-state index contributed by atoms with van der Waals surface area (Å²) in [7, 11) is 2.98. The van der Waals surface area contributed by atoms with Crippen molar-refractivity contribution in [1.29, 1.82) is 0 Å². The molecule has 0 aliphatic carbocycles. The fraction of sp³-hybridized carbons (Fsp3) is 0.462. The lowest BCUT2D eigenvalue weighted by Gasteiger charge is -2.31. The summed E-state index contributed by atoms with van der Waals surface area (Å²) >= 11 is 0. The number of likely N-dealkylation sites (tertiary alicyclic amines) is 2. The average Bonchev–Trinajstić information content (AvgIpc) is 4.00. The predicted molar refractivity (Wildman–Crippen MR) is 269 cm³/mol. The summed E-state index contributed by atoms with van der Waals surface area (Å²) in [4.78, 5) is 113. The zero-order valence-electron chi connectivity index (χ0n) is 41.9. The van der Waals surface area contributed by atoms with Gasteiger partial charge in [-0.3, -0.25) is 38.4 Å². The van der Waals surface area contributed by atoms with E-state index in [1.54, 1.807) is 27.7 Å². The molecule has 0 spiro atoms. The molecular weight excluding hydrogens is 925 g/mol. The Morgan fingerprint density at radius 2 is 1.01 bits per heavy atom. The third-order valence-electron chi connectivity index (χ3n) is 13.1. The average molecular weight is 995 g/mol. The van der Waals surface area contributed by atoms with Crippen molar-refractivity contribution in [3.63, 3.8) is 0 Å². The molecule has 388 valence electrons. The van der Waals surface area contributed by atoms with E-state index in [4.69, 9.17) is 0 Å². The summed E-state index contributed by atoms with van der Waals surface area (Å²) < 4.78 is 0. The van der Waals surface area contributed by atoms with E-state index < -0.39 is 127 Å². The van der Waals surface area contributed by atoms with Crippen LogP contribution in [0.2, 0.25) is 0 Å². The van der Waals surface area contributed by atoms with Crippen molar-refractivity contribution in [2.24, 2.45) is 5.92 Å². The molecule has 0 saturated carbocycles. The Morgan fingerprint density at radius 1 is 0.597 bits per heavy atom. The molecule has 20 heteroatoms. The highest BCUT2D eigenvalue weighted by Crippen LogP contribution is 2.26. The number of amides is 8. The first-order valence-corrected chi connectivity index (χ1v) is 24.2. The standard InChI is InChI=1S/C52H70N10O10/c1-29(2)43(59-47(67)39(27-63)53-7)51(71)61-25-37(23-41(61)49(69)55-31(5)33-16-11-9-12-17-33)57-45(65)35-20-15-21-36(22-35)46(66)58-38-24-42(50(70)56-32(6)34-18-13-10-14-19-34)62(26-38)52(72)44(30(3)4)60-48(68)40(28-64)54-8/h9-22,30-32,37-44,53-54,63-64H,1,23-28H2,2-8H3,(H,55,69)(H,56,70)(H,57,65)(H,58,66)(H,59,67)(H,60,68)/t31-,32-,37+,38+,39+,40+,41+,42+,43+,44+/m1/s1. The van der Waals surface area contributed by atoms with E-state index in [0.717, 1.165) is 11.1 Å². The predicted octanol–water partition coefficient (Wildman–Crippen LogP) is 0.202. The number of hydrogen-bond donors (Lipinski definition) is 10. The van der Waals surface area contributed by atoms with Crippen molar-refractivity contribution in [3.8, 4) is 0 Å². The Morgan fingerprint density at radius 3 is 1.40 bits per heavy atom. The zero-order chi connectivity index (χ0) is 52.8. The van der Waals surface area contributed by atoms with Crippen LogP contribution in [0.4, 0.5) is 0 Å². The number of nitrogens with zero attached hydrogens (tertiary/aromatic N) is 2. The minimum atomic E-state index is -1.26. The quantitative estimate of drug-likeness (QED) is 0.0605. The fourth-order valence-electron chi connectivity index (χ4n) is 8.83. The molecule has 3 aromatic rings. The number of benzene rings is 3. The van der Waals surface area contributed by atoms with Crippen molar-refractivity contribution in [3.05, 3.63) is 119 Å². The summed E-state index contributed by atoms with van der Waals surface area (Å²) in [6.07, 6.45) is 0.0367. The number of hydrogen-bond acceptors (Lipinski definition) is 12. The van der Waals surface area contributed by atoms with Crippen LogP contribution in [0.1, 0.15) is 91.4 Å². The zero-order valence-corrected chi connectivity index (χ0v) is 41.9. The molecule has 3 aromatic carbocycles. The highest BCUT2D eigenvalue weighted by molar-refractivity contribution is 6.01. The molecule has 0 bridgehead atoms. The second-order valence-electron chi connectivity index (χ2n) is 18.8. The van der Waals surface area contributed by atoms with Crippen LogP contribution in [0, 0.1) is 5.92 Å². The van der Waals surface area contributed by atoms with E-state index in [1.165, 1.54) is 48.2 Å². The Balaban J connectivity index is 1.34. The van der Waals surface area contributed by atoms with Crippen LogP contribution < -0.4 is 42.5 Å². The molecule has 10 atom stereocenters. The van der Waals surface area contributed by atoms with Crippen LogP contribution in [-0.2, 0) is 28.8 Å². The normalized spacial score (nSPS) is 20.0. The van der Waals surface area contributed by atoms with E-state index >= 15 is 0 Å². The van der Waals surface area contributed by atoms with Gasteiger partial charge in [-0.2, -0.15) is 0 Å². The maximum Gasteiger partial charge on any atom is 0.251 e. The smallest absolute Gasteiger partial charge is 0.251 e. The molecule has 10 N–H and O–H groups in total. The topological polar surface area (TPSA) is 280 Å². The molecule has 5 rings (SSSR count). The summed E-state index contributed by atoms with van der Waals surface area (Å²) in [5, 5.41) is 42.0. The Kier molecular flexibility index (Phi) is 20.1. The SMILES string of the molecule is C=C(C)[C@H](NC(=O)[C@H](CO)NC)C(=O)N1C[C@@H](NC(=O)c2cccc(C(=O)N[C@H]3C[C@@H](C(=O)N[C@H](C)c4ccccc4)N(C(=O)[C@@H](NC(=O)[C@H](CO)NC)C(C)C)C3)c2)C[C@H]1C(=O)N[C@H](C)c1ccccc1.